The van der Waals surface area contributed by atoms with Crippen LogP contribution >= 0.6 is 0 Å². The van der Waals surface area contributed by atoms with Gasteiger partial charge in [0, 0.05) is 23.4 Å². The molecule has 1 N–H and O–H groups in total. The number of halogens is 3. The molecule has 0 saturated heterocycles. The van der Waals surface area contributed by atoms with Crippen molar-refractivity contribution in [3.8, 4) is 11.5 Å². The molecule has 1 atom stereocenters. The van der Waals surface area contributed by atoms with Gasteiger partial charge < -0.3 is 18.8 Å². The normalized spacial score (nSPS) is 12.9. The van der Waals surface area contributed by atoms with Crippen LogP contribution in [-0.2, 0) is 21.7 Å². The number of pyridine rings is 1. The molecule has 3 aromatic rings. The molecule has 29 heavy (non-hydrogen) atoms. The second-order valence-corrected chi connectivity index (χ2v) is 7.22. The lowest BCUT2D eigenvalue weighted by atomic mass is 10.3. The Morgan fingerprint density at radius 1 is 1.17 bits per heavy atom. The van der Waals surface area contributed by atoms with Gasteiger partial charge in [-0.05, 0) is 12.1 Å². The van der Waals surface area contributed by atoms with Crippen LogP contribution in [0, 0.1) is 0 Å². The predicted molar refractivity (Wildman–Crippen MR) is 99.4 cm³/mol. The van der Waals surface area contributed by atoms with Crippen molar-refractivity contribution in [3.05, 3.63) is 42.2 Å². The molecular formula is C18H18F3N3O4S. The van der Waals surface area contributed by atoms with E-state index in [1.54, 1.807) is 6.07 Å². The number of nitrogens with zero attached hydrogens (tertiary/aromatic N) is 2. The van der Waals surface area contributed by atoms with E-state index in [0.29, 0.717) is 16.4 Å². The smallest absolute Gasteiger partial charge is 0.411 e. The van der Waals surface area contributed by atoms with Crippen LogP contribution in [-0.4, -0.2) is 52.6 Å². The predicted octanol–water partition coefficient (Wildman–Crippen LogP) is 3.23. The molecule has 1 unspecified atom stereocenters. The Bertz CT molecular complexity index is 918. The third-order valence-corrected chi connectivity index (χ3v) is 4.91. The first-order valence-electron chi connectivity index (χ1n) is 8.49. The van der Waals surface area contributed by atoms with Crippen LogP contribution in [0.4, 0.5) is 13.2 Å². The average molecular weight is 429 g/mol. The van der Waals surface area contributed by atoms with Crippen molar-refractivity contribution in [1.29, 1.82) is 0 Å². The number of rotatable bonds is 9. The highest BCUT2D eigenvalue weighted by molar-refractivity contribution is 7.90. The van der Waals surface area contributed by atoms with E-state index >= 15 is 0 Å². The number of methoxy groups -OCH3 is 1. The number of hydrogen-bond acceptors (Lipinski definition) is 6. The largest absolute Gasteiger partial charge is 0.609 e. The lowest BCUT2D eigenvalue weighted by Gasteiger charge is -2.14. The molecule has 0 aliphatic heterocycles. The van der Waals surface area contributed by atoms with Crippen molar-refractivity contribution < 1.29 is 31.9 Å². The minimum atomic E-state index is -4.39. The minimum absolute atomic E-state index is 0.0186. The molecule has 7 nitrogen and oxygen atoms in total. The van der Waals surface area contributed by atoms with Crippen molar-refractivity contribution in [3.63, 3.8) is 0 Å². The summed E-state index contributed by atoms with van der Waals surface area (Å²) in [6, 6.07) is 8.82. The van der Waals surface area contributed by atoms with Crippen LogP contribution in [0.1, 0.15) is 5.69 Å². The van der Waals surface area contributed by atoms with Crippen LogP contribution in [0.3, 0.4) is 0 Å². The third-order valence-electron chi connectivity index (χ3n) is 3.75. The molecule has 1 aromatic carbocycles. The summed E-state index contributed by atoms with van der Waals surface area (Å²) in [5, 5.41) is 0.307. The topological polar surface area (TPSA) is 92.3 Å². The van der Waals surface area contributed by atoms with Gasteiger partial charge in [0.25, 0.3) is 0 Å². The van der Waals surface area contributed by atoms with Gasteiger partial charge in [0.15, 0.2) is 17.3 Å². The third kappa shape index (κ3) is 5.75. The Hall–Kier alpha value is -2.50. The number of fused-ring (bicyclic) bond motifs is 1. The van der Waals surface area contributed by atoms with Gasteiger partial charge in [-0.2, -0.15) is 18.2 Å². The first-order valence-corrected chi connectivity index (χ1v) is 9.81. The van der Waals surface area contributed by atoms with Gasteiger partial charge in [-0.15, -0.1) is 0 Å². The van der Waals surface area contributed by atoms with Gasteiger partial charge in [0.05, 0.1) is 24.8 Å². The quantitative estimate of drug-likeness (QED) is 0.415. The monoisotopic (exact) mass is 429 g/mol. The second-order valence-electron chi connectivity index (χ2n) is 5.85. The molecular weight excluding hydrogens is 411 g/mol. The summed E-state index contributed by atoms with van der Waals surface area (Å²) in [6.07, 6.45) is -2.94. The Kier molecular flexibility index (Phi) is 6.83. The fourth-order valence-electron chi connectivity index (χ4n) is 2.53. The van der Waals surface area contributed by atoms with Crippen LogP contribution in [0.15, 0.2) is 41.7 Å². The standard InChI is InChI=1S/C18H18F3N3O4S/c1-26-16-14(10-29(25)17-23-12-4-2-3-5-13(12)24-17)22-7-6-15(16)28-9-8-27-11-18(19,20)21/h2-7H,8-11H2,1H3,(H,23,24). The minimum Gasteiger partial charge on any atom is -0.609 e. The maximum atomic E-state index is 12.7. The lowest BCUT2D eigenvalue weighted by molar-refractivity contribution is -0.175. The number of alkyl halides is 3. The number of ether oxygens (including phenoxy) is 3. The molecule has 2 heterocycles. The summed E-state index contributed by atoms with van der Waals surface area (Å²) in [4.78, 5) is 11.5. The van der Waals surface area contributed by atoms with E-state index in [9.17, 15) is 17.7 Å². The summed E-state index contributed by atoms with van der Waals surface area (Å²) < 4.78 is 64.2. The van der Waals surface area contributed by atoms with E-state index in [-0.39, 0.29) is 30.5 Å². The van der Waals surface area contributed by atoms with Gasteiger partial charge in [0.1, 0.15) is 18.9 Å². The zero-order valence-corrected chi connectivity index (χ0v) is 16.2. The summed E-state index contributed by atoms with van der Waals surface area (Å²) in [6.45, 7) is -1.70. The zero-order chi connectivity index (χ0) is 20.9. The highest BCUT2D eigenvalue weighted by atomic mass is 32.2. The van der Waals surface area contributed by atoms with E-state index < -0.39 is 24.0 Å². The van der Waals surface area contributed by atoms with Crippen molar-refractivity contribution in [2.24, 2.45) is 0 Å². The molecule has 0 amide bonds. The summed E-state index contributed by atoms with van der Waals surface area (Å²) in [7, 11) is 1.40. The fraction of sp³-hybridized carbons (Fsp3) is 0.333. The van der Waals surface area contributed by atoms with Crippen molar-refractivity contribution in [2.45, 2.75) is 17.1 Å². The number of H-pyrrole nitrogens is 1. The van der Waals surface area contributed by atoms with E-state index in [4.69, 9.17) is 9.47 Å². The fourth-order valence-corrected chi connectivity index (χ4v) is 3.55. The molecule has 0 aliphatic rings. The number of hydrogen-bond donors (Lipinski definition) is 1. The number of para-hydroxylation sites is 2. The van der Waals surface area contributed by atoms with Crippen LogP contribution in [0.5, 0.6) is 11.5 Å². The van der Waals surface area contributed by atoms with Gasteiger partial charge in [-0.1, -0.05) is 12.1 Å². The number of benzene rings is 1. The van der Waals surface area contributed by atoms with E-state index in [2.05, 4.69) is 19.7 Å². The first kappa shape index (κ1) is 21.2. The highest BCUT2D eigenvalue weighted by Crippen LogP contribution is 2.31. The number of aromatic nitrogens is 3. The molecule has 3 rings (SSSR count). The van der Waals surface area contributed by atoms with E-state index in [1.165, 1.54) is 19.4 Å². The molecule has 0 radical (unpaired) electrons. The van der Waals surface area contributed by atoms with Crippen LogP contribution in [0.25, 0.3) is 11.0 Å². The molecule has 0 bridgehead atoms. The lowest BCUT2D eigenvalue weighted by Crippen LogP contribution is -2.19. The molecule has 0 spiro atoms. The second kappa shape index (κ2) is 9.33. The van der Waals surface area contributed by atoms with E-state index in [1.807, 2.05) is 18.2 Å². The van der Waals surface area contributed by atoms with E-state index in [0.717, 1.165) is 5.52 Å². The van der Waals surface area contributed by atoms with Gasteiger partial charge >= 0.3 is 11.3 Å². The van der Waals surface area contributed by atoms with Gasteiger partial charge in [-0.25, -0.2) is 0 Å². The van der Waals surface area contributed by atoms with Crippen molar-refractivity contribution in [2.75, 3.05) is 26.9 Å². The number of aromatic amines is 1. The first-order chi connectivity index (χ1) is 13.9. The molecule has 0 aliphatic carbocycles. The zero-order valence-electron chi connectivity index (χ0n) is 15.4. The summed E-state index contributed by atoms with van der Waals surface area (Å²) in [5.41, 5.74) is 1.85. The summed E-state index contributed by atoms with van der Waals surface area (Å²) >= 11 is -1.52. The number of nitrogens with one attached hydrogen (secondary N) is 1. The maximum Gasteiger partial charge on any atom is 0.411 e. The van der Waals surface area contributed by atoms with Crippen molar-refractivity contribution in [1.82, 2.24) is 15.0 Å². The molecule has 0 fully saturated rings. The average Bonchev–Trinajstić information content (AvgIpc) is 3.11. The molecule has 2 aromatic heterocycles. The molecule has 156 valence electrons. The Balaban J connectivity index is 1.65. The van der Waals surface area contributed by atoms with Crippen molar-refractivity contribution >= 4 is 22.2 Å². The van der Waals surface area contributed by atoms with Gasteiger partial charge in [0.2, 0.25) is 0 Å². The Labute approximate surface area is 167 Å². The highest BCUT2D eigenvalue weighted by Gasteiger charge is 2.27. The Morgan fingerprint density at radius 2 is 1.97 bits per heavy atom. The summed E-state index contributed by atoms with van der Waals surface area (Å²) in [5.74, 6) is 0.549. The maximum absolute atomic E-state index is 12.7. The Morgan fingerprint density at radius 3 is 2.69 bits per heavy atom. The van der Waals surface area contributed by atoms with Crippen LogP contribution < -0.4 is 9.47 Å². The SMILES string of the molecule is COc1c(OCCOCC(F)(F)F)ccnc1C[S+]([O-])c1nc2ccccc2[nH]1. The number of imidazole rings is 1. The molecule has 11 heteroatoms. The van der Waals surface area contributed by atoms with Gasteiger partial charge in [-0.3, -0.25) is 9.97 Å². The molecule has 0 saturated carbocycles. The van der Waals surface area contributed by atoms with Crippen LogP contribution in [0.2, 0.25) is 0 Å².